The van der Waals surface area contributed by atoms with Crippen LogP contribution in [0.25, 0.3) is 0 Å². The lowest BCUT2D eigenvalue weighted by Crippen LogP contribution is -2.43. The average Bonchev–Trinajstić information content (AvgIpc) is 2.81. The Labute approximate surface area is 115 Å². The molecule has 1 aromatic carbocycles. The first-order valence-electron chi connectivity index (χ1n) is 6.37. The van der Waals surface area contributed by atoms with Crippen LogP contribution >= 0.6 is 0 Å². The number of nitrogens with zero attached hydrogens (tertiary/aromatic N) is 3. The van der Waals surface area contributed by atoms with E-state index in [0.717, 1.165) is 18.7 Å². The van der Waals surface area contributed by atoms with E-state index in [9.17, 15) is 9.90 Å². The number of aromatic nitrogens is 3. The molecule has 3 N–H and O–H groups in total. The fourth-order valence-corrected chi connectivity index (χ4v) is 1.90. The molecule has 0 atom stereocenters. The highest BCUT2D eigenvalue weighted by molar-refractivity contribution is 6.02. The van der Waals surface area contributed by atoms with Crippen LogP contribution in [0.1, 0.15) is 22.1 Å². The number of carbonyl (C=O) groups is 1. The van der Waals surface area contributed by atoms with E-state index in [0.29, 0.717) is 5.69 Å². The highest BCUT2D eigenvalue weighted by Crippen LogP contribution is 2.21. The van der Waals surface area contributed by atoms with Crippen molar-refractivity contribution in [3.05, 3.63) is 35.7 Å². The molecule has 20 heavy (non-hydrogen) atoms. The Kier molecular flexibility index (Phi) is 3.11. The zero-order valence-corrected chi connectivity index (χ0v) is 11.0. The molecule has 1 aromatic heterocycles. The molecule has 2 aromatic rings. The number of hydrogen-bond donors (Lipinski definition) is 3. The smallest absolute Gasteiger partial charge is 0.277 e. The fourth-order valence-electron chi connectivity index (χ4n) is 1.90. The predicted octanol–water partition coefficient (Wildman–Crippen LogP) is 0.689. The number of rotatable bonds is 3. The van der Waals surface area contributed by atoms with Crippen molar-refractivity contribution in [3.63, 3.8) is 0 Å². The molecule has 2 heterocycles. The first kappa shape index (κ1) is 12.6. The number of phenols is 1. The minimum atomic E-state index is -0.341. The van der Waals surface area contributed by atoms with Crippen LogP contribution in [-0.4, -0.2) is 39.1 Å². The number of phenolic OH excluding ortho intramolecular Hbond substituents is 1. The Morgan fingerprint density at radius 2 is 2.30 bits per heavy atom. The summed E-state index contributed by atoms with van der Waals surface area (Å²) in [6, 6.07) is 5.25. The quantitative estimate of drug-likeness (QED) is 0.765. The average molecular weight is 273 g/mol. The van der Waals surface area contributed by atoms with E-state index >= 15 is 0 Å². The minimum Gasteiger partial charge on any atom is -0.508 e. The molecular weight excluding hydrogens is 258 g/mol. The number of hydrogen-bond acceptors (Lipinski definition) is 5. The maximum Gasteiger partial charge on any atom is 0.277 e. The van der Waals surface area contributed by atoms with Crippen LogP contribution in [0.4, 0.5) is 5.69 Å². The zero-order valence-electron chi connectivity index (χ0n) is 11.0. The number of amides is 1. The summed E-state index contributed by atoms with van der Waals surface area (Å²) in [5.41, 5.74) is 1.54. The third-order valence-electron chi connectivity index (χ3n) is 3.34. The molecule has 1 saturated heterocycles. The second-order valence-corrected chi connectivity index (χ2v) is 4.85. The summed E-state index contributed by atoms with van der Waals surface area (Å²) in [6.07, 6.45) is 1.63. The molecule has 3 rings (SSSR count). The lowest BCUT2D eigenvalue weighted by atomic mass is 10.2. The van der Waals surface area contributed by atoms with Gasteiger partial charge in [-0.2, -0.15) is 0 Å². The van der Waals surface area contributed by atoms with E-state index in [2.05, 4.69) is 20.9 Å². The SMILES string of the molecule is Cc1ccc(NC(=O)c2cn(C3CNC3)nn2)cc1O. The monoisotopic (exact) mass is 273 g/mol. The van der Waals surface area contributed by atoms with Crippen LogP contribution in [0.3, 0.4) is 0 Å². The van der Waals surface area contributed by atoms with E-state index in [1.54, 1.807) is 29.9 Å². The van der Waals surface area contributed by atoms with Gasteiger partial charge in [-0.3, -0.25) is 4.79 Å². The Hall–Kier alpha value is -2.41. The second-order valence-electron chi connectivity index (χ2n) is 4.85. The van der Waals surface area contributed by atoms with E-state index in [1.165, 1.54) is 6.07 Å². The lowest BCUT2D eigenvalue weighted by Gasteiger charge is -2.26. The largest absolute Gasteiger partial charge is 0.508 e. The van der Waals surface area contributed by atoms with E-state index in [4.69, 9.17) is 0 Å². The molecule has 7 heteroatoms. The topological polar surface area (TPSA) is 92.1 Å². The van der Waals surface area contributed by atoms with Crippen molar-refractivity contribution < 1.29 is 9.90 Å². The van der Waals surface area contributed by atoms with Gasteiger partial charge in [0.1, 0.15) is 5.75 Å². The first-order chi connectivity index (χ1) is 9.63. The number of aryl methyl sites for hydroxylation is 1. The molecule has 1 aliphatic heterocycles. The summed E-state index contributed by atoms with van der Waals surface area (Å²) in [6.45, 7) is 3.48. The summed E-state index contributed by atoms with van der Waals surface area (Å²) >= 11 is 0. The predicted molar refractivity (Wildman–Crippen MR) is 72.7 cm³/mol. The van der Waals surface area contributed by atoms with Crippen molar-refractivity contribution in [2.45, 2.75) is 13.0 Å². The maximum atomic E-state index is 12.0. The van der Waals surface area contributed by atoms with Crippen LogP contribution in [0.2, 0.25) is 0 Å². The van der Waals surface area contributed by atoms with Gasteiger partial charge in [0.05, 0.1) is 12.2 Å². The molecule has 1 amide bonds. The third kappa shape index (κ3) is 2.35. The van der Waals surface area contributed by atoms with Crippen LogP contribution in [0, 0.1) is 6.92 Å². The van der Waals surface area contributed by atoms with Gasteiger partial charge in [-0.25, -0.2) is 4.68 Å². The maximum absolute atomic E-state index is 12.0. The number of aromatic hydroxyl groups is 1. The van der Waals surface area contributed by atoms with Crippen molar-refractivity contribution in [2.75, 3.05) is 18.4 Å². The molecule has 0 saturated carbocycles. The zero-order chi connectivity index (χ0) is 14.1. The van der Waals surface area contributed by atoms with Gasteiger partial charge in [0.15, 0.2) is 5.69 Å². The van der Waals surface area contributed by atoms with Crippen molar-refractivity contribution in [2.24, 2.45) is 0 Å². The van der Waals surface area contributed by atoms with Gasteiger partial charge < -0.3 is 15.7 Å². The van der Waals surface area contributed by atoms with Crippen LogP contribution < -0.4 is 10.6 Å². The van der Waals surface area contributed by atoms with Crippen LogP contribution in [0.15, 0.2) is 24.4 Å². The van der Waals surface area contributed by atoms with E-state index in [-0.39, 0.29) is 23.4 Å². The van der Waals surface area contributed by atoms with Gasteiger partial charge in [-0.05, 0) is 18.6 Å². The van der Waals surface area contributed by atoms with Gasteiger partial charge in [0.2, 0.25) is 0 Å². The Balaban J connectivity index is 1.71. The van der Waals surface area contributed by atoms with Gasteiger partial charge in [-0.1, -0.05) is 11.3 Å². The lowest BCUT2D eigenvalue weighted by molar-refractivity contribution is 0.102. The number of nitrogens with one attached hydrogen (secondary N) is 2. The summed E-state index contributed by atoms with van der Waals surface area (Å²) in [5.74, 6) is -0.196. The number of carbonyl (C=O) groups excluding carboxylic acids is 1. The highest BCUT2D eigenvalue weighted by Gasteiger charge is 2.21. The molecule has 0 spiro atoms. The molecule has 104 valence electrons. The summed E-state index contributed by atoms with van der Waals surface area (Å²) in [7, 11) is 0. The summed E-state index contributed by atoms with van der Waals surface area (Å²) in [5, 5.41) is 23.2. The number of anilines is 1. The van der Waals surface area contributed by atoms with Crippen LogP contribution in [0.5, 0.6) is 5.75 Å². The summed E-state index contributed by atoms with van der Waals surface area (Å²) < 4.78 is 1.69. The Morgan fingerprint density at radius 1 is 1.50 bits per heavy atom. The molecule has 0 bridgehead atoms. The van der Waals surface area contributed by atoms with E-state index in [1.807, 2.05) is 0 Å². The standard InChI is InChI=1S/C13H15N5O2/c1-8-2-3-9(4-12(8)19)15-13(20)11-7-18(17-16-11)10-5-14-6-10/h2-4,7,10,14,19H,5-6H2,1H3,(H,15,20). The van der Waals surface area contributed by atoms with Crippen molar-refractivity contribution in [3.8, 4) is 5.75 Å². The highest BCUT2D eigenvalue weighted by atomic mass is 16.3. The first-order valence-corrected chi connectivity index (χ1v) is 6.37. The van der Waals surface area contributed by atoms with Gasteiger partial charge in [-0.15, -0.1) is 5.10 Å². The normalized spacial score (nSPS) is 14.8. The molecular formula is C13H15N5O2. The summed E-state index contributed by atoms with van der Waals surface area (Å²) in [4.78, 5) is 12.0. The fraction of sp³-hybridized carbons (Fsp3) is 0.308. The van der Waals surface area contributed by atoms with Gasteiger partial charge in [0.25, 0.3) is 5.91 Å². The number of benzene rings is 1. The molecule has 0 radical (unpaired) electrons. The molecule has 0 aliphatic carbocycles. The Morgan fingerprint density at radius 3 is 2.95 bits per heavy atom. The molecule has 1 fully saturated rings. The van der Waals surface area contributed by atoms with Gasteiger partial charge >= 0.3 is 0 Å². The third-order valence-corrected chi connectivity index (χ3v) is 3.34. The van der Waals surface area contributed by atoms with E-state index < -0.39 is 0 Å². The van der Waals surface area contributed by atoms with Gasteiger partial charge in [0, 0.05) is 24.8 Å². The minimum absolute atomic E-state index is 0.145. The molecule has 1 aliphatic rings. The van der Waals surface area contributed by atoms with Crippen molar-refractivity contribution in [1.82, 2.24) is 20.3 Å². The van der Waals surface area contributed by atoms with Crippen LogP contribution in [-0.2, 0) is 0 Å². The molecule has 7 nitrogen and oxygen atoms in total. The van der Waals surface area contributed by atoms with Crippen molar-refractivity contribution >= 4 is 11.6 Å². The molecule has 0 unspecified atom stereocenters. The Bertz CT molecular complexity index is 648. The van der Waals surface area contributed by atoms with Crippen molar-refractivity contribution in [1.29, 1.82) is 0 Å². The second kappa shape index (κ2) is 4.93.